The molecule has 1 saturated heterocycles. The molecule has 0 aliphatic carbocycles. The number of amides is 2. The molecule has 6 nitrogen and oxygen atoms in total. The predicted octanol–water partition coefficient (Wildman–Crippen LogP) is 1.17. The van der Waals surface area contributed by atoms with E-state index in [1.807, 2.05) is 0 Å². The minimum atomic E-state index is -0.306. The van der Waals surface area contributed by atoms with Crippen LogP contribution in [0.25, 0.3) is 0 Å². The number of halogens is 1. The van der Waals surface area contributed by atoms with Crippen LogP contribution in [0.2, 0.25) is 0 Å². The first kappa shape index (κ1) is 19.2. The number of hydrogen-bond donors (Lipinski definition) is 2. The molecule has 1 aromatic carbocycles. The Morgan fingerprint density at radius 1 is 1.28 bits per heavy atom. The summed E-state index contributed by atoms with van der Waals surface area (Å²) in [7, 11) is 0. The van der Waals surface area contributed by atoms with Crippen molar-refractivity contribution in [2.75, 3.05) is 39.3 Å². The number of nitrogens with zero attached hydrogens (tertiary/aromatic N) is 1. The lowest BCUT2D eigenvalue weighted by Gasteiger charge is -2.32. The van der Waals surface area contributed by atoms with Crippen LogP contribution < -0.4 is 15.4 Å². The summed E-state index contributed by atoms with van der Waals surface area (Å²) in [5.41, 5.74) is 0. The molecule has 0 aromatic heterocycles. The van der Waals surface area contributed by atoms with Crippen LogP contribution in [-0.4, -0.2) is 56.0 Å². The number of carbonyl (C=O) groups is 2. The molecule has 7 heteroatoms. The smallest absolute Gasteiger partial charge is 0.234 e. The maximum atomic E-state index is 12.8. The third-order valence-corrected chi connectivity index (χ3v) is 4.12. The molecule has 2 amide bonds. The van der Waals surface area contributed by atoms with E-state index in [4.69, 9.17) is 4.74 Å². The second kappa shape index (κ2) is 9.98. The SMILES string of the molecule is CC(=O)NCC1CCCN(CC(=O)NCCOc2ccc(F)cc2)C1. The average molecular weight is 351 g/mol. The maximum absolute atomic E-state index is 12.8. The van der Waals surface area contributed by atoms with E-state index in [9.17, 15) is 14.0 Å². The highest BCUT2D eigenvalue weighted by Crippen LogP contribution is 2.15. The molecule has 1 aromatic rings. The van der Waals surface area contributed by atoms with Crippen LogP contribution in [0.15, 0.2) is 24.3 Å². The number of ether oxygens (including phenoxy) is 1. The van der Waals surface area contributed by atoms with Crippen LogP contribution in [0, 0.1) is 11.7 Å². The lowest BCUT2D eigenvalue weighted by atomic mass is 9.98. The van der Waals surface area contributed by atoms with Gasteiger partial charge in [-0.05, 0) is 49.6 Å². The number of hydrogen-bond acceptors (Lipinski definition) is 4. The molecular weight excluding hydrogens is 325 g/mol. The number of carbonyl (C=O) groups excluding carboxylic acids is 2. The van der Waals surface area contributed by atoms with Gasteiger partial charge in [0, 0.05) is 20.0 Å². The first-order valence-corrected chi connectivity index (χ1v) is 8.65. The number of nitrogens with one attached hydrogen (secondary N) is 2. The molecule has 0 spiro atoms. The molecule has 0 radical (unpaired) electrons. The molecule has 1 unspecified atom stereocenters. The molecule has 2 N–H and O–H groups in total. The van der Waals surface area contributed by atoms with Crippen LogP contribution in [0.3, 0.4) is 0 Å². The summed E-state index contributed by atoms with van der Waals surface area (Å²) in [6.07, 6.45) is 2.11. The number of likely N-dealkylation sites (tertiary alicyclic amines) is 1. The Labute approximate surface area is 147 Å². The van der Waals surface area contributed by atoms with Crippen molar-refractivity contribution < 1.29 is 18.7 Å². The van der Waals surface area contributed by atoms with Crippen LogP contribution >= 0.6 is 0 Å². The van der Waals surface area contributed by atoms with E-state index < -0.39 is 0 Å². The molecule has 0 bridgehead atoms. The Hall–Kier alpha value is -2.15. The minimum Gasteiger partial charge on any atom is -0.492 e. The Kier molecular flexibility index (Phi) is 7.66. The number of benzene rings is 1. The van der Waals surface area contributed by atoms with Crippen LogP contribution in [0.4, 0.5) is 4.39 Å². The van der Waals surface area contributed by atoms with E-state index in [1.165, 1.54) is 19.1 Å². The Morgan fingerprint density at radius 2 is 2.04 bits per heavy atom. The summed E-state index contributed by atoms with van der Waals surface area (Å²) in [5, 5.41) is 5.67. The fourth-order valence-electron chi connectivity index (χ4n) is 2.90. The molecular formula is C18H26FN3O3. The van der Waals surface area contributed by atoms with Crippen molar-refractivity contribution in [3.8, 4) is 5.75 Å². The second-order valence-corrected chi connectivity index (χ2v) is 6.33. The average Bonchev–Trinajstić information content (AvgIpc) is 2.59. The number of rotatable bonds is 8. The van der Waals surface area contributed by atoms with Crippen molar-refractivity contribution in [2.45, 2.75) is 19.8 Å². The van der Waals surface area contributed by atoms with Gasteiger partial charge in [-0.2, -0.15) is 0 Å². The largest absolute Gasteiger partial charge is 0.492 e. The molecule has 0 saturated carbocycles. The Bertz CT molecular complexity index is 565. The van der Waals surface area contributed by atoms with Gasteiger partial charge in [0.2, 0.25) is 11.8 Å². The zero-order valence-corrected chi connectivity index (χ0v) is 14.6. The molecule has 1 atom stereocenters. The van der Waals surface area contributed by atoms with Crippen molar-refractivity contribution in [3.05, 3.63) is 30.1 Å². The fraction of sp³-hybridized carbons (Fsp3) is 0.556. The summed E-state index contributed by atoms with van der Waals surface area (Å²) in [4.78, 5) is 25.1. The van der Waals surface area contributed by atoms with Crippen LogP contribution in [-0.2, 0) is 9.59 Å². The van der Waals surface area contributed by atoms with E-state index in [0.29, 0.717) is 37.9 Å². The molecule has 1 aliphatic heterocycles. The summed E-state index contributed by atoms with van der Waals surface area (Å²) in [6, 6.07) is 5.78. The summed E-state index contributed by atoms with van der Waals surface area (Å²) in [5.74, 6) is 0.609. The van der Waals surface area contributed by atoms with Crippen molar-refractivity contribution in [1.82, 2.24) is 15.5 Å². The third kappa shape index (κ3) is 7.51. The normalized spacial score (nSPS) is 17.8. The van der Waals surface area contributed by atoms with Gasteiger partial charge < -0.3 is 15.4 Å². The lowest BCUT2D eigenvalue weighted by molar-refractivity contribution is -0.123. The van der Waals surface area contributed by atoms with Crippen LogP contribution in [0.5, 0.6) is 5.75 Å². The molecule has 2 rings (SSSR count). The van der Waals surface area contributed by atoms with Gasteiger partial charge in [-0.25, -0.2) is 4.39 Å². The summed E-state index contributed by atoms with van der Waals surface area (Å²) in [6.45, 7) is 4.99. The first-order valence-electron chi connectivity index (χ1n) is 8.65. The zero-order valence-electron chi connectivity index (χ0n) is 14.6. The monoisotopic (exact) mass is 351 g/mol. The van der Waals surface area contributed by atoms with Gasteiger partial charge in [-0.1, -0.05) is 0 Å². The van der Waals surface area contributed by atoms with Crippen molar-refractivity contribution in [2.24, 2.45) is 5.92 Å². The topological polar surface area (TPSA) is 70.7 Å². The predicted molar refractivity (Wildman–Crippen MR) is 92.8 cm³/mol. The number of piperidine rings is 1. The summed E-state index contributed by atoms with van der Waals surface area (Å²) >= 11 is 0. The van der Waals surface area contributed by atoms with E-state index in [1.54, 1.807) is 12.1 Å². The molecule has 25 heavy (non-hydrogen) atoms. The molecule has 138 valence electrons. The van der Waals surface area contributed by atoms with Crippen LogP contribution in [0.1, 0.15) is 19.8 Å². The van der Waals surface area contributed by atoms with Gasteiger partial charge >= 0.3 is 0 Å². The van der Waals surface area contributed by atoms with Crippen molar-refractivity contribution >= 4 is 11.8 Å². The van der Waals surface area contributed by atoms with E-state index in [0.717, 1.165) is 25.9 Å². The van der Waals surface area contributed by atoms with E-state index in [2.05, 4.69) is 15.5 Å². The van der Waals surface area contributed by atoms with Gasteiger partial charge in [0.15, 0.2) is 0 Å². The standard InChI is InChI=1S/C18H26FN3O3/c1-14(23)21-11-15-3-2-9-22(12-15)13-18(24)20-8-10-25-17-6-4-16(19)5-7-17/h4-7,15H,2-3,8-13H2,1H3,(H,20,24)(H,21,23). The van der Waals surface area contributed by atoms with Gasteiger partial charge in [0.1, 0.15) is 18.2 Å². The van der Waals surface area contributed by atoms with Gasteiger partial charge in [-0.15, -0.1) is 0 Å². The quantitative estimate of drug-likeness (QED) is 0.690. The van der Waals surface area contributed by atoms with Gasteiger partial charge in [-0.3, -0.25) is 14.5 Å². The van der Waals surface area contributed by atoms with Gasteiger partial charge in [0.25, 0.3) is 0 Å². The molecule has 1 heterocycles. The lowest BCUT2D eigenvalue weighted by Crippen LogP contribution is -2.45. The fourth-order valence-corrected chi connectivity index (χ4v) is 2.90. The highest BCUT2D eigenvalue weighted by atomic mass is 19.1. The molecule has 1 aliphatic rings. The second-order valence-electron chi connectivity index (χ2n) is 6.33. The van der Waals surface area contributed by atoms with Gasteiger partial charge in [0.05, 0.1) is 13.1 Å². The van der Waals surface area contributed by atoms with E-state index >= 15 is 0 Å². The maximum Gasteiger partial charge on any atom is 0.234 e. The Balaban J connectivity index is 1.61. The Morgan fingerprint density at radius 3 is 2.76 bits per heavy atom. The third-order valence-electron chi connectivity index (χ3n) is 4.12. The zero-order chi connectivity index (χ0) is 18.1. The van der Waals surface area contributed by atoms with Crippen molar-refractivity contribution in [3.63, 3.8) is 0 Å². The van der Waals surface area contributed by atoms with Crippen molar-refractivity contribution in [1.29, 1.82) is 0 Å². The highest BCUT2D eigenvalue weighted by molar-refractivity contribution is 5.78. The first-order chi connectivity index (χ1) is 12.0. The minimum absolute atomic E-state index is 0.0176. The summed E-state index contributed by atoms with van der Waals surface area (Å²) < 4.78 is 18.2. The highest BCUT2D eigenvalue weighted by Gasteiger charge is 2.21. The molecule has 1 fully saturated rings. The van der Waals surface area contributed by atoms with E-state index in [-0.39, 0.29) is 17.6 Å².